The van der Waals surface area contributed by atoms with Crippen molar-refractivity contribution in [1.82, 2.24) is 9.46 Å². The molecule has 0 N–H and O–H groups in total. The van der Waals surface area contributed by atoms with Gasteiger partial charge in [-0.2, -0.15) is 4.31 Å². The van der Waals surface area contributed by atoms with Crippen LogP contribution in [0.4, 0.5) is 0 Å². The van der Waals surface area contributed by atoms with E-state index in [1.165, 1.54) is 4.31 Å². The fourth-order valence-corrected chi connectivity index (χ4v) is 4.99. The SMILES string of the molecule is Cc1cc([C@@H]2CCCN2S(=O)(=O)c2ccc3c(c2)OCCCO3)no1. The third-order valence-corrected chi connectivity index (χ3v) is 6.42. The Kier molecular flexibility index (Phi) is 4.16. The van der Waals surface area contributed by atoms with E-state index in [4.69, 9.17) is 14.0 Å². The van der Waals surface area contributed by atoms with Crippen LogP contribution in [-0.2, 0) is 10.0 Å². The molecule has 1 saturated heterocycles. The Morgan fingerprint density at radius 2 is 1.92 bits per heavy atom. The number of benzene rings is 1. The van der Waals surface area contributed by atoms with Gasteiger partial charge in [-0.05, 0) is 31.9 Å². The van der Waals surface area contributed by atoms with Gasteiger partial charge in [-0.25, -0.2) is 8.42 Å². The smallest absolute Gasteiger partial charge is 0.243 e. The van der Waals surface area contributed by atoms with Gasteiger partial charge in [0.25, 0.3) is 0 Å². The van der Waals surface area contributed by atoms with Crippen molar-refractivity contribution in [2.24, 2.45) is 0 Å². The van der Waals surface area contributed by atoms with E-state index >= 15 is 0 Å². The van der Waals surface area contributed by atoms with Gasteiger partial charge in [0.05, 0.1) is 24.2 Å². The van der Waals surface area contributed by atoms with Crippen molar-refractivity contribution >= 4 is 10.0 Å². The lowest BCUT2D eigenvalue weighted by molar-refractivity contribution is 0.296. The second-order valence-electron chi connectivity index (χ2n) is 6.30. The highest BCUT2D eigenvalue weighted by Gasteiger charge is 2.38. The lowest BCUT2D eigenvalue weighted by Crippen LogP contribution is -2.30. The first-order valence-corrected chi connectivity index (χ1v) is 9.84. The van der Waals surface area contributed by atoms with Crippen LogP contribution in [-0.4, -0.2) is 37.6 Å². The number of fused-ring (bicyclic) bond motifs is 1. The molecule has 1 atom stereocenters. The van der Waals surface area contributed by atoms with Crippen LogP contribution in [0.15, 0.2) is 33.7 Å². The predicted octanol–water partition coefficient (Wildman–Crippen LogP) is 2.67. The molecule has 0 unspecified atom stereocenters. The van der Waals surface area contributed by atoms with E-state index in [9.17, 15) is 8.42 Å². The first kappa shape index (κ1) is 16.4. The number of sulfonamides is 1. The standard InChI is InChI=1S/C17H20N2O5S/c1-12-10-14(18-24-12)15-4-2-7-19(15)25(20,21)13-5-6-16-17(11-13)23-9-3-8-22-16/h5-6,10-11,15H,2-4,7-9H2,1H3/t15-/m0/s1. The fraction of sp³-hybridized carbons (Fsp3) is 0.471. The lowest BCUT2D eigenvalue weighted by atomic mass is 10.1. The summed E-state index contributed by atoms with van der Waals surface area (Å²) in [5, 5.41) is 4.01. The second-order valence-corrected chi connectivity index (χ2v) is 8.19. The maximum Gasteiger partial charge on any atom is 0.243 e. The van der Waals surface area contributed by atoms with Gasteiger partial charge >= 0.3 is 0 Å². The molecule has 134 valence electrons. The Morgan fingerprint density at radius 3 is 2.68 bits per heavy atom. The highest BCUT2D eigenvalue weighted by Crippen LogP contribution is 2.38. The molecule has 1 fully saturated rings. The van der Waals surface area contributed by atoms with E-state index in [2.05, 4.69) is 5.16 Å². The van der Waals surface area contributed by atoms with E-state index in [1.807, 2.05) is 0 Å². The summed E-state index contributed by atoms with van der Waals surface area (Å²) in [5.74, 6) is 1.74. The molecule has 3 heterocycles. The number of rotatable bonds is 3. The molecule has 0 bridgehead atoms. The molecule has 2 aromatic rings. The first-order chi connectivity index (χ1) is 12.1. The van der Waals surface area contributed by atoms with Crippen LogP contribution in [0, 0.1) is 6.92 Å². The number of aromatic nitrogens is 1. The minimum Gasteiger partial charge on any atom is -0.490 e. The minimum absolute atomic E-state index is 0.212. The number of aryl methyl sites for hydroxylation is 1. The zero-order chi connectivity index (χ0) is 17.4. The lowest BCUT2D eigenvalue weighted by Gasteiger charge is -2.22. The Hall–Kier alpha value is -2.06. The van der Waals surface area contributed by atoms with E-state index < -0.39 is 10.0 Å². The summed E-state index contributed by atoms with van der Waals surface area (Å²) < 4.78 is 44.2. The summed E-state index contributed by atoms with van der Waals surface area (Å²) in [5.41, 5.74) is 0.660. The third kappa shape index (κ3) is 3.00. The summed E-state index contributed by atoms with van der Waals surface area (Å²) in [6.07, 6.45) is 2.30. The Bertz CT molecular complexity index is 877. The molecule has 0 spiro atoms. The molecule has 2 aliphatic heterocycles. The van der Waals surface area contributed by atoms with Gasteiger partial charge in [-0.3, -0.25) is 0 Å². The summed E-state index contributed by atoms with van der Waals surface area (Å²) in [6.45, 7) is 3.35. The van der Waals surface area contributed by atoms with E-state index in [0.717, 1.165) is 19.3 Å². The Labute approximate surface area is 146 Å². The first-order valence-electron chi connectivity index (χ1n) is 8.40. The molecular weight excluding hydrogens is 344 g/mol. The molecule has 25 heavy (non-hydrogen) atoms. The average molecular weight is 364 g/mol. The maximum absolute atomic E-state index is 13.2. The zero-order valence-corrected chi connectivity index (χ0v) is 14.8. The summed E-state index contributed by atoms with van der Waals surface area (Å²) >= 11 is 0. The second kappa shape index (κ2) is 6.34. The molecule has 7 nitrogen and oxygen atoms in total. The van der Waals surface area contributed by atoms with Gasteiger partial charge in [0.2, 0.25) is 10.0 Å². The van der Waals surface area contributed by atoms with Crippen molar-refractivity contribution in [1.29, 1.82) is 0 Å². The van der Waals surface area contributed by atoms with Crippen LogP contribution in [0.3, 0.4) is 0 Å². The molecule has 1 aromatic carbocycles. The quantitative estimate of drug-likeness (QED) is 0.833. The number of hydrogen-bond donors (Lipinski definition) is 0. The molecule has 0 saturated carbocycles. The van der Waals surface area contributed by atoms with E-state index in [0.29, 0.717) is 42.7 Å². The molecule has 2 aliphatic rings. The average Bonchev–Trinajstić information content (AvgIpc) is 3.18. The normalized spacial score (nSPS) is 21.2. The summed E-state index contributed by atoms with van der Waals surface area (Å²) in [6, 6.07) is 6.30. The van der Waals surface area contributed by atoms with Gasteiger partial charge < -0.3 is 14.0 Å². The van der Waals surface area contributed by atoms with Crippen LogP contribution in [0.25, 0.3) is 0 Å². The Balaban J connectivity index is 1.68. The number of ether oxygens (including phenoxy) is 2. The van der Waals surface area contributed by atoms with Crippen molar-refractivity contribution < 1.29 is 22.4 Å². The molecule has 4 rings (SSSR count). The topological polar surface area (TPSA) is 81.9 Å². The highest BCUT2D eigenvalue weighted by molar-refractivity contribution is 7.89. The summed E-state index contributed by atoms with van der Waals surface area (Å²) in [7, 11) is -3.66. The monoisotopic (exact) mass is 364 g/mol. The maximum atomic E-state index is 13.2. The van der Waals surface area contributed by atoms with Gasteiger partial charge in [-0.1, -0.05) is 5.16 Å². The van der Waals surface area contributed by atoms with Crippen LogP contribution < -0.4 is 9.47 Å². The van der Waals surface area contributed by atoms with E-state index in [1.54, 1.807) is 31.2 Å². The van der Waals surface area contributed by atoms with Crippen LogP contribution in [0.5, 0.6) is 11.5 Å². The largest absolute Gasteiger partial charge is 0.490 e. The van der Waals surface area contributed by atoms with Crippen LogP contribution in [0.2, 0.25) is 0 Å². The highest BCUT2D eigenvalue weighted by atomic mass is 32.2. The molecular formula is C17H20N2O5S. The molecule has 0 amide bonds. The van der Waals surface area contributed by atoms with Gasteiger partial charge in [0, 0.05) is 25.1 Å². The van der Waals surface area contributed by atoms with Crippen LogP contribution >= 0.6 is 0 Å². The van der Waals surface area contributed by atoms with Crippen LogP contribution in [0.1, 0.15) is 36.8 Å². The van der Waals surface area contributed by atoms with Gasteiger partial charge in [-0.15, -0.1) is 0 Å². The summed E-state index contributed by atoms with van der Waals surface area (Å²) in [4.78, 5) is 0.212. The van der Waals surface area contributed by atoms with Crippen molar-refractivity contribution in [2.45, 2.75) is 37.1 Å². The predicted molar refractivity (Wildman–Crippen MR) is 89.2 cm³/mol. The van der Waals surface area contributed by atoms with Crippen molar-refractivity contribution in [3.8, 4) is 11.5 Å². The molecule has 0 radical (unpaired) electrons. The van der Waals surface area contributed by atoms with Crippen molar-refractivity contribution in [3.63, 3.8) is 0 Å². The molecule has 8 heteroatoms. The Morgan fingerprint density at radius 1 is 1.12 bits per heavy atom. The number of nitrogens with zero attached hydrogens (tertiary/aromatic N) is 2. The van der Waals surface area contributed by atoms with E-state index in [-0.39, 0.29) is 10.9 Å². The van der Waals surface area contributed by atoms with Crippen molar-refractivity contribution in [2.75, 3.05) is 19.8 Å². The molecule has 1 aromatic heterocycles. The fourth-order valence-electron chi connectivity index (χ4n) is 3.31. The zero-order valence-electron chi connectivity index (χ0n) is 14.0. The van der Waals surface area contributed by atoms with Gasteiger partial charge in [0.15, 0.2) is 11.5 Å². The van der Waals surface area contributed by atoms with Gasteiger partial charge in [0.1, 0.15) is 11.5 Å². The number of hydrogen-bond acceptors (Lipinski definition) is 6. The minimum atomic E-state index is -3.66. The third-order valence-electron chi connectivity index (χ3n) is 4.52. The van der Waals surface area contributed by atoms with Crippen molar-refractivity contribution in [3.05, 3.63) is 35.7 Å². The molecule has 0 aliphatic carbocycles.